The molecule has 0 saturated carbocycles. The number of hydrogen-bond donors (Lipinski definition) is 8. The van der Waals surface area contributed by atoms with E-state index in [0.717, 1.165) is 0 Å². The van der Waals surface area contributed by atoms with E-state index in [1.54, 1.807) is 67.8 Å². The van der Waals surface area contributed by atoms with Gasteiger partial charge >= 0.3 is 0 Å². The Kier molecular flexibility index (Phi) is 14.0. The first-order valence-electron chi connectivity index (χ1n) is 9.39. The minimum absolute atomic E-state index is 0.0125. The molecule has 34 heavy (non-hydrogen) atoms. The highest BCUT2D eigenvalue weighted by atomic mass is 127. The van der Waals surface area contributed by atoms with Gasteiger partial charge in [0.05, 0.1) is 43.7 Å². The lowest BCUT2D eigenvalue weighted by Gasteiger charge is -2.20. The maximum Gasteiger partial charge on any atom is 0.264 e. The predicted molar refractivity (Wildman–Crippen MR) is 141 cm³/mol. The zero-order chi connectivity index (χ0) is 26.0. The summed E-state index contributed by atoms with van der Waals surface area (Å²) in [7, 11) is 0. The lowest BCUT2D eigenvalue weighted by atomic mass is 10.1. The second kappa shape index (κ2) is 15.3. The molecule has 190 valence electrons. The monoisotopic (exact) mass is 821 g/mol. The van der Waals surface area contributed by atoms with E-state index in [4.69, 9.17) is 20.1 Å². The Morgan fingerprint density at radius 1 is 0.765 bits per heavy atom. The van der Waals surface area contributed by atoms with Gasteiger partial charge < -0.3 is 40.9 Å². The Morgan fingerprint density at radius 3 is 1.59 bits per heavy atom. The number of aliphatic hydroxyl groups excluding tert-OH is 5. The van der Waals surface area contributed by atoms with Crippen molar-refractivity contribution in [3.05, 3.63) is 21.8 Å². The van der Waals surface area contributed by atoms with E-state index < -0.39 is 62.3 Å². The van der Waals surface area contributed by atoms with Gasteiger partial charge in [0.25, 0.3) is 23.6 Å². The fourth-order valence-electron chi connectivity index (χ4n) is 2.26. The van der Waals surface area contributed by atoms with E-state index in [9.17, 15) is 29.4 Å². The molecule has 2 atom stereocenters. The molecular formula is C18H22I3N3O10. The topological polar surface area (TPSA) is 215 Å². The fraction of sp³-hybridized carbons (Fsp3) is 0.444. The number of carbonyl (C=O) groups excluding carboxylic acids is 4. The zero-order valence-electron chi connectivity index (χ0n) is 17.3. The summed E-state index contributed by atoms with van der Waals surface area (Å²) in [6.07, 6.45) is -2.43. The van der Waals surface area contributed by atoms with Gasteiger partial charge in [0.1, 0.15) is 12.4 Å². The van der Waals surface area contributed by atoms with Crippen molar-refractivity contribution < 1.29 is 49.4 Å². The van der Waals surface area contributed by atoms with Crippen molar-refractivity contribution in [1.29, 1.82) is 0 Å². The van der Waals surface area contributed by atoms with E-state index in [1.165, 1.54) is 0 Å². The molecule has 0 saturated heterocycles. The molecule has 16 heteroatoms. The Hall–Kier alpha value is -0.910. The molecule has 1 aromatic rings. The summed E-state index contributed by atoms with van der Waals surface area (Å²) < 4.78 is 6.14. The number of hydrogen-bond acceptors (Lipinski definition) is 10. The molecule has 4 amide bonds. The summed E-state index contributed by atoms with van der Waals surface area (Å²) >= 11 is 5.33. The highest BCUT2D eigenvalue weighted by molar-refractivity contribution is 14.1. The number of carbonyl (C=O) groups is 4. The molecule has 0 heterocycles. The van der Waals surface area contributed by atoms with Crippen molar-refractivity contribution in [3.8, 4) is 5.75 Å². The smallest absolute Gasteiger partial charge is 0.264 e. The van der Waals surface area contributed by atoms with Gasteiger partial charge in [-0.2, -0.15) is 0 Å². The van der Waals surface area contributed by atoms with E-state index >= 15 is 0 Å². The molecule has 0 aliphatic rings. The number of aliphatic hydroxyl groups is 5. The van der Waals surface area contributed by atoms with Crippen LogP contribution in [-0.4, -0.2) is 101 Å². The fourth-order valence-corrected chi connectivity index (χ4v) is 6.72. The SMILES string of the molecule is O=C(CO)NC(=O)COc1c(I)c(C(=O)NCC(O)CO)c(I)c(C(=O)NCC(O)CO)c1I. The molecule has 0 bridgehead atoms. The maximum absolute atomic E-state index is 12.9. The van der Waals surface area contributed by atoms with Crippen LogP contribution >= 0.6 is 67.8 Å². The normalized spacial score (nSPS) is 12.5. The molecule has 0 radical (unpaired) electrons. The molecular weight excluding hydrogens is 799 g/mol. The van der Waals surface area contributed by atoms with E-state index in [1.807, 2.05) is 5.32 Å². The summed E-state index contributed by atoms with van der Waals surface area (Å²) in [4.78, 5) is 48.8. The molecule has 1 aromatic carbocycles. The molecule has 0 spiro atoms. The molecule has 1 rings (SSSR count). The van der Waals surface area contributed by atoms with Crippen LogP contribution in [-0.2, 0) is 9.59 Å². The molecule has 0 aliphatic heterocycles. The van der Waals surface area contributed by atoms with Crippen LogP contribution in [0.4, 0.5) is 0 Å². The maximum atomic E-state index is 12.9. The number of amides is 4. The predicted octanol–water partition coefficient (Wildman–Crippen LogP) is -2.32. The van der Waals surface area contributed by atoms with Gasteiger partial charge in [0.2, 0.25) is 0 Å². The minimum atomic E-state index is -1.21. The molecule has 0 aliphatic carbocycles. The number of imide groups is 1. The first kappa shape index (κ1) is 31.1. The van der Waals surface area contributed by atoms with Crippen LogP contribution in [0.1, 0.15) is 20.7 Å². The number of benzene rings is 1. The van der Waals surface area contributed by atoms with Gasteiger partial charge in [0.15, 0.2) is 6.61 Å². The molecule has 0 aromatic heterocycles. The largest absolute Gasteiger partial charge is 0.481 e. The summed E-state index contributed by atoms with van der Waals surface area (Å²) in [5, 5.41) is 52.4. The van der Waals surface area contributed by atoms with Crippen LogP contribution in [0.25, 0.3) is 0 Å². The number of halogens is 3. The quantitative estimate of drug-likeness (QED) is 0.106. The van der Waals surface area contributed by atoms with Crippen molar-refractivity contribution in [3.63, 3.8) is 0 Å². The molecule has 2 unspecified atom stereocenters. The average Bonchev–Trinajstić information content (AvgIpc) is 2.80. The Bertz CT molecular complexity index is 878. The second-order valence-electron chi connectivity index (χ2n) is 6.53. The van der Waals surface area contributed by atoms with Crippen LogP contribution in [0.5, 0.6) is 5.75 Å². The highest BCUT2D eigenvalue weighted by Gasteiger charge is 2.29. The lowest BCUT2D eigenvalue weighted by molar-refractivity contribution is -0.133. The van der Waals surface area contributed by atoms with Crippen molar-refractivity contribution in [2.45, 2.75) is 12.2 Å². The van der Waals surface area contributed by atoms with Crippen LogP contribution in [0, 0.1) is 10.7 Å². The van der Waals surface area contributed by atoms with Crippen LogP contribution in [0.3, 0.4) is 0 Å². The Morgan fingerprint density at radius 2 is 1.21 bits per heavy atom. The van der Waals surface area contributed by atoms with Gasteiger partial charge in [-0.25, -0.2) is 0 Å². The standard InChI is InChI=1S/C18H22I3N3O10/c19-13-11(17(32)22-1-7(28)3-25)14(20)16(34-6-10(31)24-9(30)5-27)15(21)12(13)18(33)23-2-8(29)4-26/h7-8,25-29H,1-6H2,(H,22,32)(H,23,33)(H,24,30,31). The first-order valence-corrected chi connectivity index (χ1v) is 12.6. The molecule has 13 nitrogen and oxygen atoms in total. The van der Waals surface area contributed by atoms with E-state index in [2.05, 4.69) is 10.6 Å². The van der Waals surface area contributed by atoms with E-state index in [0.29, 0.717) is 0 Å². The second-order valence-corrected chi connectivity index (χ2v) is 9.77. The van der Waals surface area contributed by atoms with Gasteiger partial charge in [-0.05, 0) is 67.8 Å². The van der Waals surface area contributed by atoms with Crippen LogP contribution < -0.4 is 20.7 Å². The average molecular weight is 821 g/mol. The summed E-state index contributed by atoms with van der Waals surface area (Å²) in [6.45, 7) is -3.31. The van der Waals surface area contributed by atoms with Gasteiger partial charge in [0, 0.05) is 16.7 Å². The summed E-state index contributed by atoms with van der Waals surface area (Å²) in [6, 6.07) is 0. The van der Waals surface area contributed by atoms with Crippen molar-refractivity contribution in [1.82, 2.24) is 16.0 Å². The van der Waals surface area contributed by atoms with Crippen molar-refractivity contribution in [2.24, 2.45) is 0 Å². The number of nitrogens with one attached hydrogen (secondary N) is 3. The zero-order valence-corrected chi connectivity index (χ0v) is 23.8. The third-order valence-corrected chi connectivity index (χ3v) is 7.06. The summed E-state index contributed by atoms with van der Waals surface area (Å²) in [5.74, 6) is -3.24. The number of ether oxygens (including phenoxy) is 1. The summed E-state index contributed by atoms with van der Waals surface area (Å²) in [5.41, 5.74) is -0.0251. The molecule has 8 N–H and O–H groups in total. The number of rotatable bonds is 12. The van der Waals surface area contributed by atoms with Gasteiger partial charge in [-0.3, -0.25) is 24.5 Å². The Balaban J connectivity index is 3.41. The van der Waals surface area contributed by atoms with Crippen molar-refractivity contribution >= 4 is 91.4 Å². The first-order chi connectivity index (χ1) is 16.0. The highest BCUT2D eigenvalue weighted by Crippen LogP contribution is 2.37. The van der Waals surface area contributed by atoms with Gasteiger partial charge in [-0.15, -0.1) is 0 Å². The Labute approximate surface area is 234 Å². The molecule has 0 fully saturated rings. The van der Waals surface area contributed by atoms with E-state index in [-0.39, 0.29) is 40.7 Å². The van der Waals surface area contributed by atoms with Crippen LogP contribution in [0.2, 0.25) is 0 Å². The minimum Gasteiger partial charge on any atom is -0.481 e. The third-order valence-electron chi connectivity index (χ3n) is 3.92. The van der Waals surface area contributed by atoms with Gasteiger partial charge in [-0.1, -0.05) is 0 Å². The lowest BCUT2D eigenvalue weighted by Crippen LogP contribution is -2.37. The van der Waals surface area contributed by atoms with Crippen molar-refractivity contribution in [2.75, 3.05) is 39.5 Å². The van der Waals surface area contributed by atoms with Crippen LogP contribution in [0.15, 0.2) is 0 Å². The third kappa shape index (κ3) is 8.95.